The van der Waals surface area contributed by atoms with Gasteiger partial charge in [0, 0.05) is 43.3 Å². The highest BCUT2D eigenvalue weighted by molar-refractivity contribution is 5.94. The van der Waals surface area contributed by atoms with Crippen LogP contribution < -0.4 is 10.2 Å². The molecule has 1 amide bonds. The zero-order valence-electron chi connectivity index (χ0n) is 14.0. The number of carbonyl (C=O) groups is 1. The van der Waals surface area contributed by atoms with Crippen molar-refractivity contribution in [1.82, 2.24) is 30.5 Å². The number of anilines is 1. The highest BCUT2D eigenvalue weighted by Gasteiger charge is 2.26. The van der Waals surface area contributed by atoms with Crippen LogP contribution in [0.3, 0.4) is 0 Å². The summed E-state index contributed by atoms with van der Waals surface area (Å²) in [6.07, 6.45) is 9.07. The van der Waals surface area contributed by atoms with Crippen LogP contribution in [-0.2, 0) is 0 Å². The summed E-state index contributed by atoms with van der Waals surface area (Å²) in [6, 6.07) is 7.41. The van der Waals surface area contributed by atoms with E-state index in [0.29, 0.717) is 18.1 Å². The average Bonchev–Trinajstić information content (AvgIpc) is 3.18. The Morgan fingerprint density at radius 1 is 1.12 bits per heavy atom. The molecular weight excluding hydrogens is 330 g/mol. The number of hydrogen-bond donors (Lipinski definition) is 1. The quantitative estimate of drug-likeness (QED) is 0.760. The van der Waals surface area contributed by atoms with Crippen LogP contribution in [0.15, 0.2) is 55.2 Å². The monoisotopic (exact) mass is 347 g/mol. The average molecular weight is 347 g/mol. The van der Waals surface area contributed by atoms with Gasteiger partial charge in [0.2, 0.25) is 5.95 Å². The first-order valence-corrected chi connectivity index (χ1v) is 8.35. The molecule has 0 bridgehead atoms. The van der Waals surface area contributed by atoms with Gasteiger partial charge in [0.1, 0.15) is 0 Å². The molecule has 3 aromatic heterocycles. The Balaban J connectivity index is 1.43. The lowest BCUT2D eigenvalue weighted by molar-refractivity contribution is 0.0940. The smallest absolute Gasteiger partial charge is 0.253 e. The lowest BCUT2D eigenvalue weighted by Crippen LogP contribution is -2.37. The van der Waals surface area contributed by atoms with Crippen LogP contribution >= 0.6 is 0 Å². The molecule has 26 heavy (non-hydrogen) atoms. The Hall–Kier alpha value is -3.42. The van der Waals surface area contributed by atoms with E-state index in [4.69, 9.17) is 0 Å². The Morgan fingerprint density at radius 2 is 2.08 bits per heavy atom. The van der Waals surface area contributed by atoms with Crippen molar-refractivity contribution in [2.75, 3.05) is 18.0 Å². The van der Waals surface area contributed by atoms with Crippen molar-refractivity contribution in [1.29, 1.82) is 0 Å². The van der Waals surface area contributed by atoms with Crippen molar-refractivity contribution in [2.24, 2.45) is 0 Å². The van der Waals surface area contributed by atoms with Gasteiger partial charge in [-0.05, 0) is 30.7 Å². The first-order chi connectivity index (χ1) is 12.8. The predicted octanol–water partition coefficient (Wildman–Crippen LogP) is 1.34. The number of nitrogens with one attached hydrogen (secondary N) is 1. The minimum absolute atomic E-state index is 0.0429. The molecule has 0 spiro atoms. The first kappa shape index (κ1) is 16.1. The Morgan fingerprint density at radius 3 is 2.88 bits per heavy atom. The molecular formula is C18H17N7O. The third-order valence-corrected chi connectivity index (χ3v) is 4.25. The zero-order chi connectivity index (χ0) is 17.8. The lowest BCUT2D eigenvalue weighted by atomic mass is 10.2. The van der Waals surface area contributed by atoms with E-state index in [9.17, 15) is 4.79 Å². The van der Waals surface area contributed by atoms with E-state index in [0.717, 1.165) is 24.2 Å². The topological polar surface area (TPSA) is 96.8 Å². The maximum absolute atomic E-state index is 12.2. The maximum atomic E-state index is 12.2. The van der Waals surface area contributed by atoms with E-state index >= 15 is 0 Å². The van der Waals surface area contributed by atoms with Crippen LogP contribution in [0.5, 0.6) is 0 Å². The number of rotatable bonds is 4. The molecule has 1 unspecified atom stereocenters. The summed E-state index contributed by atoms with van der Waals surface area (Å²) in [6.45, 7) is 1.46. The minimum atomic E-state index is -0.142. The second-order valence-electron chi connectivity index (χ2n) is 6.02. The molecule has 1 N–H and O–H groups in total. The SMILES string of the molecule is O=C(NC1CCN(c2nccc(-c3cccnc3)n2)C1)c1ccnnc1. The van der Waals surface area contributed by atoms with Crippen LogP contribution in [-0.4, -0.2) is 50.2 Å². The van der Waals surface area contributed by atoms with E-state index in [1.54, 1.807) is 24.7 Å². The molecule has 1 aliphatic heterocycles. The van der Waals surface area contributed by atoms with E-state index in [-0.39, 0.29) is 11.9 Å². The van der Waals surface area contributed by atoms with Crippen molar-refractivity contribution in [3.05, 3.63) is 60.8 Å². The molecule has 8 heteroatoms. The van der Waals surface area contributed by atoms with E-state index < -0.39 is 0 Å². The second kappa shape index (κ2) is 7.22. The summed E-state index contributed by atoms with van der Waals surface area (Å²) in [7, 11) is 0. The largest absolute Gasteiger partial charge is 0.347 e. The highest BCUT2D eigenvalue weighted by atomic mass is 16.1. The van der Waals surface area contributed by atoms with Gasteiger partial charge in [-0.2, -0.15) is 10.2 Å². The maximum Gasteiger partial charge on any atom is 0.253 e. The summed E-state index contributed by atoms with van der Waals surface area (Å²) >= 11 is 0. The number of aromatic nitrogens is 5. The summed E-state index contributed by atoms with van der Waals surface area (Å²) in [5.74, 6) is 0.519. The molecule has 1 atom stereocenters. The Labute approximate surface area is 150 Å². The Bertz CT molecular complexity index is 888. The molecule has 3 aromatic rings. The van der Waals surface area contributed by atoms with Gasteiger partial charge < -0.3 is 10.2 Å². The molecule has 1 saturated heterocycles. The van der Waals surface area contributed by atoms with Crippen molar-refractivity contribution in [3.63, 3.8) is 0 Å². The zero-order valence-corrected chi connectivity index (χ0v) is 14.0. The van der Waals surface area contributed by atoms with Gasteiger partial charge in [-0.25, -0.2) is 9.97 Å². The van der Waals surface area contributed by atoms with E-state index in [2.05, 4.69) is 35.4 Å². The minimum Gasteiger partial charge on any atom is -0.347 e. The fraction of sp³-hybridized carbons (Fsp3) is 0.222. The van der Waals surface area contributed by atoms with Crippen LogP contribution in [0.4, 0.5) is 5.95 Å². The molecule has 4 rings (SSSR count). The van der Waals surface area contributed by atoms with Gasteiger partial charge in [-0.1, -0.05) is 0 Å². The van der Waals surface area contributed by atoms with Crippen LogP contribution in [0.2, 0.25) is 0 Å². The van der Waals surface area contributed by atoms with Gasteiger partial charge in [-0.3, -0.25) is 9.78 Å². The molecule has 4 heterocycles. The fourth-order valence-electron chi connectivity index (χ4n) is 2.93. The molecule has 1 fully saturated rings. The van der Waals surface area contributed by atoms with Gasteiger partial charge in [0.15, 0.2) is 0 Å². The number of carbonyl (C=O) groups excluding carboxylic acids is 1. The standard InChI is InChI=1S/C18H17N7O/c26-17(14-3-8-21-22-11-14)23-15-5-9-25(12-15)18-20-7-4-16(24-18)13-2-1-6-19-10-13/h1-4,6-8,10-11,15H,5,9,12H2,(H,23,26). The lowest BCUT2D eigenvalue weighted by Gasteiger charge is -2.17. The number of nitrogens with zero attached hydrogens (tertiary/aromatic N) is 6. The summed E-state index contributed by atoms with van der Waals surface area (Å²) < 4.78 is 0. The summed E-state index contributed by atoms with van der Waals surface area (Å²) in [5, 5.41) is 10.4. The van der Waals surface area contributed by atoms with Gasteiger partial charge in [0.25, 0.3) is 5.91 Å². The molecule has 0 radical (unpaired) electrons. The molecule has 1 aliphatic rings. The van der Waals surface area contributed by atoms with Crippen LogP contribution in [0.1, 0.15) is 16.8 Å². The third kappa shape index (κ3) is 3.49. The van der Waals surface area contributed by atoms with Crippen LogP contribution in [0, 0.1) is 0 Å². The van der Waals surface area contributed by atoms with Crippen molar-refractivity contribution in [3.8, 4) is 11.3 Å². The summed E-state index contributed by atoms with van der Waals surface area (Å²) in [4.78, 5) is 27.5. The van der Waals surface area contributed by atoms with E-state index in [1.807, 2.05) is 18.2 Å². The first-order valence-electron chi connectivity index (χ1n) is 8.35. The number of amides is 1. The highest BCUT2D eigenvalue weighted by Crippen LogP contribution is 2.21. The summed E-state index contributed by atoms with van der Waals surface area (Å²) in [5.41, 5.74) is 2.29. The van der Waals surface area contributed by atoms with Gasteiger partial charge in [0.05, 0.1) is 23.7 Å². The predicted molar refractivity (Wildman–Crippen MR) is 95.4 cm³/mol. The molecule has 8 nitrogen and oxygen atoms in total. The normalized spacial score (nSPS) is 16.5. The molecule has 0 aromatic carbocycles. The van der Waals surface area contributed by atoms with Gasteiger partial charge >= 0.3 is 0 Å². The molecule has 0 aliphatic carbocycles. The van der Waals surface area contributed by atoms with Crippen molar-refractivity contribution in [2.45, 2.75) is 12.5 Å². The Kier molecular flexibility index (Phi) is 4.46. The molecule has 0 saturated carbocycles. The second-order valence-corrected chi connectivity index (χ2v) is 6.02. The molecule has 130 valence electrons. The van der Waals surface area contributed by atoms with Crippen molar-refractivity contribution >= 4 is 11.9 Å². The van der Waals surface area contributed by atoms with Crippen LogP contribution in [0.25, 0.3) is 11.3 Å². The van der Waals surface area contributed by atoms with Crippen molar-refractivity contribution < 1.29 is 4.79 Å². The van der Waals surface area contributed by atoms with E-state index in [1.165, 1.54) is 12.4 Å². The number of hydrogen-bond acceptors (Lipinski definition) is 7. The van der Waals surface area contributed by atoms with Gasteiger partial charge in [-0.15, -0.1) is 0 Å². The number of pyridine rings is 1. The third-order valence-electron chi connectivity index (χ3n) is 4.25. The fourth-order valence-corrected chi connectivity index (χ4v) is 2.93.